The summed E-state index contributed by atoms with van der Waals surface area (Å²) in [6.45, 7) is 0. The third kappa shape index (κ3) is 3.54. The third-order valence-corrected chi connectivity index (χ3v) is 4.82. The van der Waals surface area contributed by atoms with Crippen LogP contribution >= 0.6 is 0 Å². The lowest BCUT2D eigenvalue weighted by Crippen LogP contribution is -2.25. The van der Waals surface area contributed by atoms with Crippen LogP contribution in [0.1, 0.15) is 43.6 Å². The molecule has 0 radical (unpaired) electrons. The molecule has 2 aromatic rings. The molecular formula is C20H25N. The standard InChI is InChI=1S/C20H25N/c1-21-20-10-6-5-9-19(15-20)18-13-11-17(12-14-18)16-7-3-2-4-8-16/h2-4,7-8,11-14,19-21H,5-6,9-10,15H2,1H3. The number of hydrogen-bond acceptors (Lipinski definition) is 1. The zero-order valence-corrected chi connectivity index (χ0v) is 12.9. The number of hydrogen-bond donors (Lipinski definition) is 1. The molecule has 110 valence electrons. The molecule has 1 N–H and O–H groups in total. The van der Waals surface area contributed by atoms with Gasteiger partial charge in [0, 0.05) is 6.04 Å². The summed E-state index contributed by atoms with van der Waals surface area (Å²) < 4.78 is 0. The van der Waals surface area contributed by atoms with Crippen LogP contribution in [0.15, 0.2) is 54.6 Å². The predicted octanol–water partition coefficient (Wildman–Crippen LogP) is 4.99. The van der Waals surface area contributed by atoms with Crippen molar-refractivity contribution in [2.24, 2.45) is 0 Å². The van der Waals surface area contributed by atoms with Crippen molar-refractivity contribution in [2.75, 3.05) is 7.05 Å². The summed E-state index contributed by atoms with van der Waals surface area (Å²) in [6.07, 6.45) is 6.67. The van der Waals surface area contributed by atoms with Crippen molar-refractivity contribution in [3.05, 3.63) is 60.2 Å². The zero-order chi connectivity index (χ0) is 14.5. The van der Waals surface area contributed by atoms with Crippen molar-refractivity contribution in [1.29, 1.82) is 0 Å². The van der Waals surface area contributed by atoms with Crippen LogP contribution < -0.4 is 5.32 Å². The Bertz CT molecular complexity index is 544. The molecule has 0 bridgehead atoms. The minimum atomic E-state index is 0.686. The molecule has 1 heteroatoms. The van der Waals surface area contributed by atoms with E-state index in [0.29, 0.717) is 6.04 Å². The Morgan fingerprint density at radius 3 is 2.19 bits per heavy atom. The Morgan fingerprint density at radius 2 is 1.48 bits per heavy atom. The highest BCUT2D eigenvalue weighted by atomic mass is 14.9. The average Bonchev–Trinajstić information content (AvgIpc) is 2.81. The lowest BCUT2D eigenvalue weighted by Gasteiger charge is -2.20. The first-order chi connectivity index (χ1) is 10.4. The van der Waals surface area contributed by atoms with E-state index in [1.807, 2.05) is 0 Å². The van der Waals surface area contributed by atoms with E-state index in [1.165, 1.54) is 48.8 Å². The lowest BCUT2D eigenvalue weighted by atomic mass is 9.89. The molecule has 1 aliphatic rings. The SMILES string of the molecule is CNC1CCCCC(c2ccc(-c3ccccc3)cc2)C1. The van der Waals surface area contributed by atoms with Crippen molar-refractivity contribution in [3.63, 3.8) is 0 Å². The predicted molar refractivity (Wildman–Crippen MR) is 90.6 cm³/mol. The Morgan fingerprint density at radius 1 is 0.810 bits per heavy atom. The lowest BCUT2D eigenvalue weighted by molar-refractivity contribution is 0.471. The van der Waals surface area contributed by atoms with Crippen molar-refractivity contribution in [1.82, 2.24) is 5.32 Å². The monoisotopic (exact) mass is 279 g/mol. The summed E-state index contributed by atoms with van der Waals surface area (Å²) in [7, 11) is 2.10. The van der Waals surface area contributed by atoms with E-state index in [-0.39, 0.29) is 0 Å². The second kappa shape index (κ2) is 6.91. The van der Waals surface area contributed by atoms with Gasteiger partial charge >= 0.3 is 0 Å². The van der Waals surface area contributed by atoms with Crippen molar-refractivity contribution in [2.45, 2.75) is 44.1 Å². The van der Waals surface area contributed by atoms with E-state index in [0.717, 1.165) is 5.92 Å². The highest BCUT2D eigenvalue weighted by Gasteiger charge is 2.20. The van der Waals surface area contributed by atoms with Crippen molar-refractivity contribution < 1.29 is 0 Å². The summed E-state index contributed by atoms with van der Waals surface area (Å²) in [5, 5.41) is 3.48. The van der Waals surface area contributed by atoms with Gasteiger partial charge in [0.1, 0.15) is 0 Å². The Balaban J connectivity index is 1.77. The normalized spacial score (nSPS) is 22.7. The molecule has 1 saturated carbocycles. The van der Waals surface area contributed by atoms with Gasteiger partial charge < -0.3 is 5.32 Å². The molecule has 1 fully saturated rings. The first-order valence-corrected chi connectivity index (χ1v) is 8.19. The molecule has 0 spiro atoms. The summed E-state index contributed by atoms with van der Waals surface area (Å²) in [5.41, 5.74) is 4.13. The smallest absolute Gasteiger partial charge is 0.00698 e. The summed E-state index contributed by atoms with van der Waals surface area (Å²) in [5.74, 6) is 0.717. The Kier molecular flexibility index (Phi) is 4.72. The number of rotatable bonds is 3. The first kappa shape index (κ1) is 14.3. The van der Waals surface area contributed by atoms with Crippen LogP contribution in [0.4, 0.5) is 0 Å². The van der Waals surface area contributed by atoms with Crippen LogP contribution in [-0.2, 0) is 0 Å². The molecule has 0 heterocycles. The van der Waals surface area contributed by atoms with Crippen LogP contribution in [0, 0.1) is 0 Å². The maximum atomic E-state index is 3.48. The molecule has 2 aromatic carbocycles. The molecule has 1 nitrogen and oxygen atoms in total. The molecule has 1 aliphatic carbocycles. The molecule has 2 unspecified atom stereocenters. The highest BCUT2D eigenvalue weighted by molar-refractivity contribution is 5.63. The Labute approximate surface area is 128 Å². The fraction of sp³-hybridized carbons (Fsp3) is 0.400. The van der Waals surface area contributed by atoms with E-state index in [4.69, 9.17) is 0 Å². The average molecular weight is 279 g/mol. The van der Waals surface area contributed by atoms with Crippen LogP contribution in [0.2, 0.25) is 0 Å². The molecule has 21 heavy (non-hydrogen) atoms. The van der Waals surface area contributed by atoms with Gasteiger partial charge in [0.2, 0.25) is 0 Å². The topological polar surface area (TPSA) is 12.0 Å². The van der Waals surface area contributed by atoms with Gasteiger partial charge in [-0.05, 0) is 48.9 Å². The van der Waals surface area contributed by atoms with Crippen LogP contribution in [0.5, 0.6) is 0 Å². The van der Waals surface area contributed by atoms with Gasteiger partial charge in [0.15, 0.2) is 0 Å². The quantitative estimate of drug-likeness (QED) is 0.780. The second-order valence-electron chi connectivity index (χ2n) is 6.19. The molecule has 0 amide bonds. The van der Waals surface area contributed by atoms with E-state index < -0.39 is 0 Å². The maximum Gasteiger partial charge on any atom is 0.00698 e. The van der Waals surface area contributed by atoms with Gasteiger partial charge in [-0.3, -0.25) is 0 Å². The third-order valence-electron chi connectivity index (χ3n) is 4.82. The van der Waals surface area contributed by atoms with Crippen molar-refractivity contribution >= 4 is 0 Å². The molecule has 2 atom stereocenters. The van der Waals surface area contributed by atoms with Gasteiger partial charge in [-0.1, -0.05) is 67.4 Å². The van der Waals surface area contributed by atoms with Crippen LogP contribution in [0.3, 0.4) is 0 Å². The summed E-state index contributed by atoms with van der Waals surface area (Å²) in [4.78, 5) is 0. The second-order valence-corrected chi connectivity index (χ2v) is 6.19. The highest BCUT2D eigenvalue weighted by Crippen LogP contribution is 2.32. The van der Waals surface area contributed by atoms with Gasteiger partial charge in [-0.15, -0.1) is 0 Å². The number of nitrogens with one attached hydrogen (secondary N) is 1. The molecule has 0 aliphatic heterocycles. The van der Waals surface area contributed by atoms with Crippen LogP contribution in [-0.4, -0.2) is 13.1 Å². The maximum absolute atomic E-state index is 3.48. The molecule has 3 rings (SSSR count). The van der Waals surface area contributed by atoms with E-state index in [2.05, 4.69) is 67.0 Å². The molecule has 0 aromatic heterocycles. The van der Waals surface area contributed by atoms with E-state index >= 15 is 0 Å². The minimum Gasteiger partial charge on any atom is -0.317 e. The first-order valence-electron chi connectivity index (χ1n) is 8.19. The van der Waals surface area contributed by atoms with E-state index in [1.54, 1.807) is 0 Å². The number of benzene rings is 2. The molecular weight excluding hydrogens is 254 g/mol. The Hall–Kier alpha value is -1.60. The zero-order valence-electron chi connectivity index (χ0n) is 12.9. The van der Waals surface area contributed by atoms with Gasteiger partial charge in [-0.2, -0.15) is 0 Å². The molecule has 0 saturated heterocycles. The fourth-order valence-electron chi connectivity index (χ4n) is 3.50. The van der Waals surface area contributed by atoms with Gasteiger partial charge in [0.25, 0.3) is 0 Å². The van der Waals surface area contributed by atoms with Crippen molar-refractivity contribution in [3.8, 4) is 11.1 Å². The minimum absolute atomic E-state index is 0.686. The van der Waals surface area contributed by atoms with Crippen LogP contribution in [0.25, 0.3) is 11.1 Å². The summed E-state index contributed by atoms with van der Waals surface area (Å²) >= 11 is 0. The fourth-order valence-corrected chi connectivity index (χ4v) is 3.50. The largest absolute Gasteiger partial charge is 0.317 e. The summed E-state index contributed by atoms with van der Waals surface area (Å²) in [6, 6.07) is 20.6. The van der Waals surface area contributed by atoms with Gasteiger partial charge in [-0.25, -0.2) is 0 Å². The van der Waals surface area contributed by atoms with Gasteiger partial charge in [0.05, 0.1) is 0 Å². The van der Waals surface area contributed by atoms with E-state index in [9.17, 15) is 0 Å².